The molecule has 1 aliphatic rings. The first-order valence-corrected chi connectivity index (χ1v) is 6.39. The number of nitrogens with zero attached hydrogens (tertiary/aromatic N) is 2. The van der Waals surface area contributed by atoms with Crippen LogP contribution in [0.4, 0.5) is 4.79 Å². The third-order valence-corrected chi connectivity index (χ3v) is 3.02. The summed E-state index contributed by atoms with van der Waals surface area (Å²) in [6, 6.07) is 2.73. The monoisotopic (exact) mass is 293 g/mol. The van der Waals surface area contributed by atoms with Gasteiger partial charge in [0.05, 0.1) is 13.0 Å². The van der Waals surface area contributed by atoms with Crippen molar-refractivity contribution >= 4 is 18.0 Å². The lowest BCUT2D eigenvalue weighted by molar-refractivity contribution is -0.137. The number of carbonyl (C=O) groups excluding carboxylic acids is 2. The Hall–Kier alpha value is -2.64. The molecule has 1 aromatic rings. The molecule has 2 heterocycles. The van der Waals surface area contributed by atoms with E-state index >= 15 is 0 Å². The maximum atomic E-state index is 12.0. The molecule has 1 fully saturated rings. The van der Waals surface area contributed by atoms with Crippen LogP contribution in [-0.4, -0.2) is 52.2 Å². The Bertz CT molecular complexity index is 534. The highest BCUT2D eigenvalue weighted by Crippen LogP contribution is 2.16. The van der Waals surface area contributed by atoms with Gasteiger partial charge in [0.25, 0.3) is 0 Å². The zero-order valence-electron chi connectivity index (χ0n) is 11.2. The number of aliphatic carboxylic acids is 1. The zero-order valence-corrected chi connectivity index (χ0v) is 11.2. The highest BCUT2D eigenvalue weighted by atomic mass is 16.6. The van der Waals surface area contributed by atoms with Crippen molar-refractivity contribution in [2.24, 2.45) is 0 Å². The summed E-state index contributed by atoms with van der Waals surface area (Å²) in [7, 11) is 0. The quantitative estimate of drug-likeness (QED) is 0.763. The molecule has 0 aliphatic carbocycles. The van der Waals surface area contributed by atoms with Crippen LogP contribution in [0.15, 0.2) is 24.5 Å². The number of amides is 2. The molecule has 0 spiro atoms. The lowest BCUT2D eigenvalue weighted by atomic mass is 10.2. The molecule has 0 unspecified atom stereocenters. The molecule has 21 heavy (non-hydrogen) atoms. The van der Waals surface area contributed by atoms with Gasteiger partial charge in [-0.3, -0.25) is 19.5 Å². The Kier molecular flexibility index (Phi) is 4.70. The average Bonchev–Trinajstić information content (AvgIpc) is 2.81. The fraction of sp³-hybridized carbons (Fsp3) is 0.385. The average molecular weight is 293 g/mol. The van der Waals surface area contributed by atoms with E-state index in [2.05, 4.69) is 10.3 Å². The van der Waals surface area contributed by atoms with Crippen molar-refractivity contribution in [3.63, 3.8) is 0 Å². The molecule has 0 aromatic carbocycles. The molecule has 0 saturated carbocycles. The van der Waals surface area contributed by atoms with Crippen LogP contribution < -0.4 is 5.32 Å². The second-order valence-electron chi connectivity index (χ2n) is 4.51. The van der Waals surface area contributed by atoms with Gasteiger partial charge >= 0.3 is 12.1 Å². The van der Waals surface area contributed by atoms with Gasteiger partial charge in [-0.05, 0) is 17.7 Å². The number of rotatable bonds is 6. The Labute approximate surface area is 120 Å². The molecule has 0 radical (unpaired) electrons. The van der Waals surface area contributed by atoms with Crippen LogP contribution >= 0.6 is 0 Å². The number of aromatic nitrogens is 1. The molecule has 1 atom stereocenters. The van der Waals surface area contributed by atoms with Crippen molar-refractivity contribution in [1.82, 2.24) is 15.2 Å². The van der Waals surface area contributed by atoms with Gasteiger partial charge in [-0.1, -0.05) is 0 Å². The number of hydrogen-bond acceptors (Lipinski definition) is 5. The van der Waals surface area contributed by atoms with Crippen LogP contribution in [-0.2, 0) is 20.9 Å². The fourth-order valence-corrected chi connectivity index (χ4v) is 1.94. The van der Waals surface area contributed by atoms with Crippen LogP contribution in [0.3, 0.4) is 0 Å². The third kappa shape index (κ3) is 3.91. The molecular weight excluding hydrogens is 278 g/mol. The van der Waals surface area contributed by atoms with Crippen molar-refractivity contribution in [2.75, 3.05) is 13.2 Å². The summed E-state index contributed by atoms with van der Waals surface area (Å²) < 4.78 is 4.89. The predicted molar refractivity (Wildman–Crippen MR) is 70.2 cm³/mol. The summed E-state index contributed by atoms with van der Waals surface area (Å²) in [4.78, 5) is 39.3. The van der Waals surface area contributed by atoms with Gasteiger partial charge in [0, 0.05) is 18.9 Å². The van der Waals surface area contributed by atoms with Gasteiger partial charge in [0.1, 0.15) is 12.6 Å². The molecule has 8 heteroatoms. The molecule has 0 bridgehead atoms. The summed E-state index contributed by atoms with van der Waals surface area (Å²) in [5, 5.41) is 11.0. The molecular formula is C13H15N3O5. The topological polar surface area (TPSA) is 109 Å². The number of carboxylic acids is 1. The summed E-state index contributed by atoms with van der Waals surface area (Å²) in [5.41, 5.74) is 0.826. The summed E-state index contributed by atoms with van der Waals surface area (Å²) in [5.74, 6) is -1.42. The number of pyridine rings is 1. The van der Waals surface area contributed by atoms with E-state index in [1.54, 1.807) is 24.5 Å². The lowest BCUT2D eigenvalue weighted by Gasteiger charge is -2.20. The minimum absolute atomic E-state index is 0.0158. The lowest BCUT2D eigenvalue weighted by Crippen LogP contribution is -2.45. The van der Waals surface area contributed by atoms with Crippen molar-refractivity contribution in [1.29, 1.82) is 0 Å². The van der Waals surface area contributed by atoms with Gasteiger partial charge in [0.15, 0.2) is 0 Å². The minimum Gasteiger partial charge on any atom is -0.481 e. The number of ether oxygens (including phenoxy) is 1. The predicted octanol–water partition coefficient (Wildman–Crippen LogP) is -0.00670. The first-order chi connectivity index (χ1) is 10.1. The Balaban J connectivity index is 1.96. The van der Waals surface area contributed by atoms with Crippen molar-refractivity contribution in [3.8, 4) is 0 Å². The van der Waals surface area contributed by atoms with Crippen LogP contribution in [0, 0.1) is 0 Å². The van der Waals surface area contributed by atoms with E-state index in [0.29, 0.717) is 0 Å². The molecule has 112 valence electrons. The number of carbonyl (C=O) groups is 3. The molecule has 1 aromatic heterocycles. The summed E-state index contributed by atoms with van der Waals surface area (Å²) in [6.07, 6.45) is 2.46. The molecule has 1 saturated heterocycles. The highest BCUT2D eigenvalue weighted by Gasteiger charge is 2.37. The number of carboxylic acid groups (broad SMARTS) is 1. The number of nitrogens with one attached hydrogen (secondary N) is 1. The summed E-state index contributed by atoms with van der Waals surface area (Å²) in [6.45, 7) is 0.211. The van der Waals surface area contributed by atoms with E-state index in [4.69, 9.17) is 9.84 Å². The van der Waals surface area contributed by atoms with Crippen LogP contribution in [0.5, 0.6) is 0 Å². The number of cyclic esters (lactones) is 1. The first-order valence-electron chi connectivity index (χ1n) is 6.39. The third-order valence-electron chi connectivity index (χ3n) is 3.02. The van der Waals surface area contributed by atoms with Crippen LogP contribution in [0.25, 0.3) is 0 Å². The minimum atomic E-state index is -0.998. The fourth-order valence-electron chi connectivity index (χ4n) is 1.94. The smallest absolute Gasteiger partial charge is 0.410 e. The maximum absolute atomic E-state index is 12.0. The SMILES string of the molecule is O=C(O)CCNC(=O)[C@@H]1COC(=O)N1Cc1ccncc1. The van der Waals surface area contributed by atoms with E-state index in [1.807, 2.05) is 0 Å². The van der Waals surface area contributed by atoms with Crippen molar-refractivity contribution < 1.29 is 24.2 Å². The molecule has 8 nitrogen and oxygen atoms in total. The molecule has 2 amide bonds. The largest absolute Gasteiger partial charge is 0.481 e. The van der Waals surface area contributed by atoms with Crippen LogP contribution in [0.2, 0.25) is 0 Å². The van der Waals surface area contributed by atoms with Crippen molar-refractivity contribution in [2.45, 2.75) is 19.0 Å². The van der Waals surface area contributed by atoms with Gasteiger partial charge in [0.2, 0.25) is 5.91 Å². The van der Waals surface area contributed by atoms with E-state index < -0.39 is 24.0 Å². The van der Waals surface area contributed by atoms with Crippen molar-refractivity contribution in [3.05, 3.63) is 30.1 Å². The van der Waals surface area contributed by atoms with Crippen LogP contribution in [0.1, 0.15) is 12.0 Å². The van der Waals surface area contributed by atoms with E-state index in [1.165, 1.54) is 4.90 Å². The second-order valence-corrected chi connectivity index (χ2v) is 4.51. The Morgan fingerprint density at radius 1 is 1.43 bits per heavy atom. The molecule has 2 N–H and O–H groups in total. The number of hydrogen-bond donors (Lipinski definition) is 2. The van der Waals surface area contributed by atoms with E-state index in [-0.39, 0.29) is 26.1 Å². The first kappa shape index (κ1) is 14.8. The van der Waals surface area contributed by atoms with Gasteiger partial charge in [-0.15, -0.1) is 0 Å². The summed E-state index contributed by atoms with van der Waals surface area (Å²) >= 11 is 0. The van der Waals surface area contributed by atoms with Gasteiger partial charge in [-0.2, -0.15) is 0 Å². The van der Waals surface area contributed by atoms with E-state index in [0.717, 1.165) is 5.56 Å². The second kappa shape index (κ2) is 6.69. The Morgan fingerprint density at radius 3 is 2.81 bits per heavy atom. The molecule has 2 rings (SSSR count). The van der Waals surface area contributed by atoms with Gasteiger partial charge in [-0.25, -0.2) is 4.79 Å². The Morgan fingerprint density at radius 2 is 2.14 bits per heavy atom. The maximum Gasteiger partial charge on any atom is 0.410 e. The standard InChI is InChI=1S/C13H15N3O5/c17-11(18)3-6-15-12(19)10-8-21-13(20)16(10)7-9-1-4-14-5-2-9/h1-2,4-5,10H,3,6-8H2,(H,15,19)(H,17,18)/t10-/m0/s1. The highest BCUT2D eigenvalue weighted by molar-refractivity contribution is 5.88. The normalized spacial score (nSPS) is 17.4. The van der Waals surface area contributed by atoms with E-state index in [9.17, 15) is 14.4 Å². The zero-order chi connectivity index (χ0) is 15.2. The van der Waals surface area contributed by atoms with Gasteiger partial charge < -0.3 is 15.2 Å². The molecule has 1 aliphatic heterocycles.